The second kappa shape index (κ2) is 8.17. The van der Waals surface area contributed by atoms with E-state index in [4.69, 9.17) is 10.5 Å². The molecule has 0 aromatic heterocycles. The lowest BCUT2D eigenvalue weighted by Gasteiger charge is -2.28. The van der Waals surface area contributed by atoms with Gasteiger partial charge in [-0.2, -0.15) is 0 Å². The molecule has 0 spiro atoms. The zero-order chi connectivity index (χ0) is 19.4. The number of nitrogens with zero attached hydrogens (tertiary/aromatic N) is 2. The number of carbonyl (C=O) groups is 4. The first-order valence-electron chi connectivity index (χ1n) is 8.26. The molecule has 0 unspecified atom stereocenters. The number of carbonyl (C=O) groups excluding carboxylic acids is 4. The lowest BCUT2D eigenvalue weighted by molar-refractivity contribution is -0.138. The highest BCUT2D eigenvalue weighted by Crippen LogP contribution is 2.20. The number of likely N-dealkylation sites (N-methyl/N-ethyl adjacent to an activating group) is 1. The van der Waals surface area contributed by atoms with Gasteiger partial charge in [-0.25, -0.2) is 4.79 Å². The van der Waals surface area contributed by atoms with Crippen molar-refractivity contribution in [1.82, 2.24) is 15.1 Å². The van der Waals surface area contributed by atoms with Crippen molar-refractivity contribution in [1.29, 1.82) is 0 Å². The minimum atomic E-state index is -0.769. The third-order valence-electron chi connectivity index (χ3n) is 3.98. The molecule has 25 heavy (non-hydrogen) atoms. The largest absolute Gasteiger partial charge is 0.444 e. The Bertz CT molecular complexity index is 543. The van der Waals surface area contributed by atoms with E-state index < -0.39 is 41.5 Å². The zero-order valence-corrected chi connectivity index (χ0v) is 15.5. The summed E-state index contributed by atoms with van der Waals surface area (Å²) in [6.45, 7) is 6.92. The van der Waals surface area contributed by atoms with Gasteiger partial charge in [0.1, 0.15) is 17.7 Å². The summed E-state index contributed by atoms with van der Waals surface area (Å²) in [5, 5.41) is 2.52. The summed E-state index contributed by atoms with van der Waals surface area (Å²) in [4.78, 5) is 50.2. The molecular formula is C16H28N4O5. The topological polar surface area (TPSA) is 122 Å². The number of nitrogens with two attached hydrogens (primary N) is 1. The normalized spacial score (nSPS) is 18.4. The Hall–Kier alpha value is -2.32. The van der Waals surface area contributed by atoms with Crippen molar-refractivity contribution in [3.05, 3.63) is 0 Å². The van der Waals surface area contributed by atoms with E-state index in [9.17, 15) is 19.2 Å². The predicted molar refractivity (Wildman–Crippen MR) is 90.4 cm³/mol. The van der Waals surface area contributed by atoms with Crippen molar-refractivity contribution in [3.8, 4) is 0 Å². The molecule has 9 nitrogen and oxygen atoms in total. The van der Waals surface area contributed by atoms with Gasteiger partial charge in [0.15, 0.2) is 0 Å². The van der Waals surface area contributed by atoms with Crippen molar-refractivity contribution in [3.63, 3.8) is 0 Å². The monoisotopic (exact) mass is 356 g/mol. The summed E-state index contributed by atoms with van der Waals surface area (Å²) in [7, 11) is 1.44. The van der Waals surface area contributed by atoms with Gasteiger partial charge in [0.25, 0.3) is 0 Å². The maximum absolute atomic E-state index is 12.3. The average Bonchev–Trinajstić information content (AvgIpc) is 2.98. The first-order valence-corrected chi connectivity index (χ1v) is 8.26. The van der Waals surface area contributed by atoms with E-state index in [-0.39, 0.29) is 6.54 Å². The number of primary amides is 1. The fraction of sp³-hybridized carbons (Fsp3) is 0.750. The fourth-order valence-electron chi connectivity index (χ4n) is 2.39. The van der Waals surface area contributed by atoms with Crippen LogP contribution in [-0.4, -0.2) is 71.4 Å². The second-order valence-electron chi connectivity index (χ2n) is 7.13. The van der Waals surface area contributed by atoms with Crippen LogP contribution in [0.1, 0.15) is 40.5 Å². The molecule has 0 radical (unpaired) electrons. The third-order valence-corrected chi connectivity index (χ3v) is 3.98. The number of rotatable bonds is 5. The standard InChI is InChI=1S/C16H28N4O5/c1-10(13(17)22)19(5)12(21)9-18-14(23)11-7-6-8-20(11)15(24)25-16(2,3)4/h10-11H,6-9H2,1-5H3,(H2,17,22)(H,18,23)/t10-,11-/m0/s1. The van der Waals surface area contributed by atoms with E-state index in [2.05, 4.69) is 5.32 Å². The van der Waals surface area contributed by atoms with Gasteiger partial charge in [0.05, 0.1) is 6.54 Å². The Kier molecular flexibility index (Phi) is 6.78. The molecule has 142 valence electrons. The summed E-state index contributed by atoms with van der Waals surface area (Å²) >= 11 is 0. The quantitative estimate of drug-likeness (QED) is 0.708. The lowest BCUT2D eigenvalue weighted by atomic mass is 10.2. The molecule has 1 aliphatic rings. The highest BCUT2D eigenvalue weighted by molar-refractivity contribution is 5.91. The Morgan fingerprint density at radius 1 is 1.32 bits per heavy atom. The van der Waals surface area contributed by atoms with Crippen LogP contribution in [0.3, 0.4) is 0 Å². The molecular weight excluding hydrogens is 328 g/mol. The average molecular weight is 356 g/mol. The smallest absolute Gasteiger partial charge is 0.410 e. The molecule has 0 saturated carbocycles. The minimum absolute atomic E-state index is 0.272. The Morgan fingerprint density at radius 2 is 1.92 bits per heavy atom. The van der Waals surface area contributed by atoms with Gasteiger partial charge in [-0.05, 0) is 40.5 Å². The molecule has 9 heteroatoms. The van der Waals surface area contributed by atoms with Gasteiger partial charge in [-0.15, -0.1) is 0 Å². The minimum Gasteiger partial charge on any atom is -0.444 e. The maximum Gasteiger partial charge on any atom is 0.410 e. The van der Waals surface area contributed by atoms with Crippen LogP contribution >= 0.6 is 0 Å². The summed E-state index contributed by atoms with van der Waals surface area (Å²) in [5.41, 5.74) is 4.51. The van der Waals surface area contributed by atoms with Crippen LogP contribution in [0.15, 0.2) is 0 Å². The number of amides is 4. The van der Waals surface area contributed by atoms with Gasteiger partial charge in [0.2, 0.25) is 17.7 Å². The molecule has 0 bridgehead atoms. The SMILES string of the molecule is C[C@@H](C(N)=O)N(C)C(=O)CNC(=O)[C@@H]1CCCN1C(=O)OC(C)(C)C. The van der Waals surface area contributed by atoms with Crippen LogP contribution in [0.4, 0.5) is 4.79 Å². The van der Waals surface area contributed by atoms with E-state index >= 15 is 0 Å². The zero-order valence-electron chi connectivity index (χ0n) is 15.5. The fourth-order valence-corrected chi connectivity index (χ4v) is 2.39. The molecule has 0 aromatic rings. The van der Waals surface area contributed by atoms with Gasteiger partial charge in [0, 0.05) is 13.6 Å². The van der Waals surface area contributed by atoms with Crippen molar-refractivity contribution in [2.24, 2.45) is 5.73 Å². The third kappa shape index (κ3) is 5.91. The van der Waals surface area contributed by atoms with Crippen LogP contribution in [0, 0.1) is 0 Å². The summed E-state index contributed by atoms with van der Waals surface area (Å²) < 4.78 is 5.30. The van der Waals surface area contributed by atoms with E-state index in [0.29, 0.717) is 19.4 Å². The highest BCUT2D eigenvalue weighted by Gasteiger charge is 2.36. The number of likely N-dealkylation sites (tertiary alicyclic amines) is 1. The van der Waals surface area contributed by atoms with Crippen LogP contribution < -0.4 is 11.1 Å². The highest BCUT2D eigenvalue weighted by atomic mass is 16.6. The number of ether oxygens (including phenoxy) is 1. The Labute approximate surface area is 147 Å². The first-order chi connectivity index (χ1) is 11.4. The van der Waals surface area contributed by atoms with Crippen molar-refractivity contribution < 1.29 is 23.9 Å². The van der Waals surface area contributed by atoms with Gasteiger partial charge in [-0.3, -0.25) is 19.3 Å². The van der Waals surface area contributed by atoms with E-state index in [0.717, 1.165) is 0 Å². The molecule has 2 atom stereocenters. The maximum atomic E-state index is 12.3. The Morgan fingerprint density at radius 3 is 2.44 bits per heavy atom. The summed E-state index contributed by atoms with van der Waals surface area (Å²) in [5.74, 6) is -1.49. The molecule has 1 saturated heterocycles. The molecule has 0 aromatic carbocycles. The summed E-state index contributed by atoms with van der Waals surface area (Å²) in [6, 6.07) is -1.43. The van der Waals surface area contributed by atoms with E-state index in [1.807, 2.05) is 0 Å². The molecule has 1 fully saturated rings. The van der Waals surface area contributed by atoms with E-state index in [1.54, 1.807) is 20.8 Å². The van der Waals surface area contributed by atoms with E-state index in [1.165, 1.54) is 23.8 Å². The molecule has 1 aliphatic heterocycles. The van der Waals surface area contributed by atoms with Gasteiger partial charge < -0.3 is 20.7 Å². The lowest BCUT2D eigenvalue weighted by Crippen LogP contribution is -2.51. The van der Waals surface area contributed by atoms with Crippen LogP contribution in [0.5, 0.6) is 0 Å². The molecule has 1 rings (SSSR count). The van der Waals surface area contributed by atoms with Crippen LogP contribution in [0.2, 0.25) is 0 Å². The first kappa shape index (κ1) is 20.7. The van der Waals surface area contributed by atoms with Gasteiger partial charge in [-0.1, -0.05) is 0 Å². The second-order valence-corrected chi connectivity index (χ2v) is 7.13. The molecule has 4 amide bonds. The van der Waals surface area contributed by atoms with Crippen LogP contribution in [-0.2, 0) is 19.1 Å². The molecule has 3 N–H and O–H groups in total. The summed E-state index contributed by atoms with van der Waals surface area (Å²) in [6.07, 6.45) is 0.646. The van der Waals surface area contributed by atoms with Gasteiger partial charge >= 0.3 is 6.09 Å². The number of hydrogen-bond donors (Lipinski definition) is 2. The number of nitrogens with one attached hydrogen (secondary N) is 1. The van der Waals surface area contributed by atoms with Crippen LogP contribution in [0.25, 0.3) is 0 Å². The predicted octanol–water partition coefficient (Wildman–Crippen LogP) is -0.166. The molecule has 1 heterocycles. The molecule has 0 aliphatic carbocycles. The Balaban J connectivity index is 2.60. The van der Waals surface area contributed by atoms with Crippen molar-refractivity contribution >= 4 is 23.8 Å². The van der Waals surface area contributed by atoms with Crippen molar-refractivity contribution in [2.45, 2.75) is 58.2 Å². The van der Waals surface area contributed by atoms with Crippen molar-refractivity contribution in [2.75, 3.05) is 20.1 Å². The number of hydrogen-bond acceptors (Lipinski definition) is 5.